The Hall–Kier alpha value is -0.300. The fourth-order valence-electron chi connectivity index (χ4n) is 11.4. The second kappa shape index (κ2) is 6.64. The van der Waals surface area contributed by atoms with Crippen LogP contribution in [0.2, 0.25) is 0 Å². The Morgan fingerprint density at radius 1 is 0.774 bits per heavy atom. The topological polar surface area (TPSA) is 20.2 Å². The summed E-state index contributed by atoms with van der Waals surface area (Å²) in [6.07, 6.45) is 13.2. The molecule has 176 valence electrons. The Kier molecular flexibility index (Phi) is 4.82. The van der Waals surface area contributed by atoms with Crippen molar-refractivity contribution in [2.24, 2.45) is 56.7 Å². The molecule has 0 saturated heterocycles. The van der Waals surface area contributed by atoms with Crippen LogP contribution in [0.5, 0.6) is 0 Å². The monoisotopic (exact) mass is 426 g/mol. The molecule has 5 saturated carbocycles. The molecule has 0 bridgehead atoms. The van der Waals surface area contributed by atoms with Gasteiger partial charge in [-0.05, 0) is 121 Å². The summed E-state index contributed by atoms with van der Waals surface area (Å²) in [6.45, 7) is 22.6. The van der Waals surface area contributed by atoms with Crippen molar-refractivity contribution in [3.63, 3.8) is 0 Å². The third kappa shape index (κ3) is 2.65. The second-order valence-electron chi connectivity index (χ2n) is 14.7. The molecule has 5 rings (SSSR count). The fraction of sp³-hybridized carbons (Fsp3) is 0.933. The zero-order chi connectivity index (χ0) is 22.6. The Morgan fingerprint density at radius 2 is 1.48 bits per heavy atom. The molecule has 0 aromatic carbocycles. The average molecular weight is 427 g/mol. The van der Waals surface area contributed by atoms with Gasteiger partial charge in [0.15, 0.2) is 0 Å². The molecule has 31 heavy (non-hydrogen) atoms. The number of hydrogen-bond donors (Lipinski definition) is 1. The molecule has 1 heteroatoms. The van der Waals surface area contributed by atoms with Crippen molar-refractivity contribution >= 4 is 0 Å². The van der Waals surface area contributed by atoms with Gasteiger partial charge in [-0.2, -0.15) is 0 Å². The molecule has 5 unspecified atom stereocenters. The number of aliphatic hydroxyl groups excluding tert-OH is 1. The lowest BCUT2D eigenvalue weighted by Gasteiger charge is -2.73. The Morgan fingerprint density at radius 3 is 2.19 bits per heavy atom. The number of aliphatic hydroxyl groups is 1. The molecular weight excluding hydrogens is 376 g/mol. The van der Waals surface area contributed by atoms with Gasteiger partial charge in [-0.15, -0.1) is 0 Å². The van der Waals surface area contributed by atoms with Crippen LogP contribution in [0.1, 0.15) is 113 Å². The quantitative estimate of drug-likeness (QED) is 0.389. The first-order valence-electron chi connectivity index (χ1n) is 13.7. The molecule has 10 atom stereocenters. The first kappa shape index (κ1) is 22.5. The number of rotatable bonds is 0. The highest BCUT2D eigenvalue weighted by Crippen LogP contribution is 2.76. The van der Waals surface area contributed by atoms with Gasteiger partial charge in [0.05, 0.1) is 6.10 Å². The van der Waals surface area contributed by atoms with Gasteiger partial charge in [0, 0.05) is 0 Å². The van der Waals surface area contributed by atoms with E-state index in [1.165, 1.54) is 63.4 Å². The van der Waals surface area contributed by atoms with Crippen LogP contribution in [-0.2, 0) is 0 Å². The van der Waals surface area contributed by atoms with E-state index < -0.39 is 0 Å². The predicted octanol–water partition coefficient (Wildman–Crippen LogP) is 8.02. The van der Waals surface area contributed by atoms with Crippen molar-refractivity contribution in [2.75, 3.05) is 0 Å². The van der Waals surface area contributed by atoms with Gasteiger partial charge in [0.2, 0.25) is 0 Å². The van der Waals surface area contributed by atoms with E-state index in [-0.39, 0.29) is 11.5 Å². The largest absolute Gasteiger partial charge is 0.393 e. The highest BCUT2D eigenvalue weighted by Gasteiger charge is 2.69. The first-order valence-corrected chi connectivity index (χ1v) is 13.7. The number of allylic oxidation sites excluding steroid dienone is 1. The van der Waals surface area contributed by atoms with Gasteiger partial charge in [-0.3, -0.25) is 0 Å². The van der Waals surface area contributed by atoms with Crippen molar-refractivity contribution in [2.45, 2.75) is 119 Å². The molecule has 0 amide bonds. The Balaban J connectivity index is 1.54. The zero-order valence-electron chi connectivity index (χ0n) is 21.7. The van der Waals surface area contributed by atoms with Crippen LogP contribution in [0, 0.1) is 56.7 Å². The van der Waals surface area contributed by atoms with Crippen LogP contribution >= 0.6 is 0 Å². The molecule has 5 fully saturated rings. The highest BCUT2D eigenvalue weighted by atomic mass is 16.3. The third-order valence-corrected chi connectivity index (χ3v) is 13.6. The summed E-state index contributed by atoms with van der Waals surface area (Å²) in [5.74, 6) is 3.88. The minimum absolute atomic E-state index is 0.0623. The maximum Gasteiger partial charge on any atom is 0.0594 e. The van der Waals surface area contributed by atoms with Crippen LogP contribution in [0.3, 0.4) is 0 Å². The molecule has 0 aliphatic heterocycles. The Labute approximate surface area is 192 Å². The van der Waals surface area contributed by atoms with Crippen molar-refractivity contribution in [1.82, 2.24) is 0 Å². The lowest BCUT2D eigenvalue weighted by atomic mass is 9.31. The smallest absolute Gasteiger partial charge is 0.0594 e. The summed E-state index contributed by atoms with van der Waals surface area (Å²) < 4.78 is 0. The van der Waals surface area contributed by atoms with Gasteiger partial charge in [0.1, 0.15) is 0 Å². The van der Waals surface area contributed by atoms with E-state index in [1.807, 2.05) is 0 Å². The standard InChI is InChI=1S/C30H50O/c1-19-11-14-27(5)17-18-29(7)21(25(27)20(19)2)9-10-23-28(6)15-13-24(31)26(3,4)22(28)12-16-30(23,29)8/h20-25,31H,1,9-18H2,2-8H3/t20?,21?,22?,23?,24-,25?,27+,28-,29+,30+/m0/s1. The molecule has 1 N–H and O–H groups in total. The van der Waals surface area contributed by atoms with Gasteiger partial charge >= 0.3 is 0 Å². The van der Waals surface area contributed by atoms with Crippen molar-refractivity contribution in [1.29, 1.82) is 0 Å². The minimum atomic E-state index is -0.119. The molecule has 5 aliphatic rings. The predicted molar refractivity (Wildman–Crippen MR) is 131 cm³/mol. The van der Waals surface area contributed by atoms with Crippen molar-refractivity contribution in [3.8, 4) is 0 Å². The lowest BCUT2D eigenvalue weighted by Crippen LogP contribution is -2.67. The highest BCUT2D eigenvalue weighted by molar-refractivity contribution is 5.21. The molecule has 0 spiro atoms. The van der Waals surface area contributed by atoms with Crippen LogP contribution in [-0.4, -0.2) is 11.2 Å². The molecular formula is C30H50O. The average Bonchev–Trinajstić information content (AvgIpc) is 2.69. The van der Waals surface area contributed by atoms with E-state index in [1.54, 1.807) is 0 Å². The van der Waals surface area contributed by atoms with Crippen LogP contribution in [0.15, 0.2) is 12.2 Å². The molecule has 0 aromatic heterocycles. The van der Waals surface area contributed by atoms with E-state index in [9.17, 15) is 5.11 Å². The summed E-state index contributed by atoms with van der Waals surface area (Å²) in [5.41, 5.74) is 3.43. The maximum atomic E-state index is 10.9. The molecule has 0 radical (unpaired) electrons. The Bertz CT molecular complexity index is 766. The van der Waals surface area contributed by atoms with Gasteiger partial charge in [0.25, 0.3) is 0 Å². The van der Waals surface area contributed by atoms with Crippen LogP contribution in [0.4, 0.5) is 0 Å². The summed E-state index contributed by atoms with van der Waals surface area (Å²) in [6, 6.07) is 0. The molecule has 5 aliphatic carbocycles. The van der Waals surface area contributed by atoms with Gasteiger partial charge in [-0.1, -0.05) is 60.6 Å². The van der Waals surface area contributed by atoms with E-state index in [2.05, 4.69) is 55.0 Å². The normalized spacial score (nSPS) is 58.5. The molecule has 0 heterocycles. The van der Waals surface area contributed by atoms with Gasteiger partial charge < -0.3 is 5.11 Å². The van der Waals surface area contributed by atoms with E-state index in [4.69, 9.17) is 0 Å². The van der Waals surface area contributed by atoms with E-state index >= 15 is 0 Å². The van der Waals surface area contributed by atoms with Gasteiger partial charge in [-0.25, -0.2) is 0 Å². The summed E-state index contributed by atoms with van der Waals surface area (Å²) in [4.78, 5) is 0. The first-order chi connectivity index (χ1) is 14.3. The van der Waals surface area contributed by atoms with E-state index in [0.717, 1.165) is 24.2 Å². The number of hydrogen-bond acceptors (Lipinski definition) is 1. The van der Waals surface area contributed by atoms with Crippen molar-refractivity contribution < 1.29 is 5.11 Å². The summed E-state index contributed by atoms with van der Waals surface area (Å²) in [7, 11) is 0. The zero-order valence-corrected chi connectivity index (χ0v) is 21.7. The maximum absolute atomic E-state index is 10.9. The van der Waals surface area contributed by atoms with Crippen LogP contribution in [0.25, 0.3) is 0 Å². The lowest BCUT2D eigenvalue weighted by molar-refractivity contribution is -0.251. The molecule has 1 nitrogen and oxygen atoms in total. The fourth-order valence-corrected chi connectivity index (χ4v) is 11.4. The number of fused-ring (bicyclic) bond motifs is 7. The third-order valence-electron chi connectivity index (χ3n) is 13.6. The van der Waals surface area contributed by atoms with Crippen molar-refractivity contribution in [3.05, 3.63) is 12.2 Å². The SMILES string of the molecule is C=C1CC[C@]2(C)CC[C@]3(C)C(CCC4[C@@]5(C)CC[C@H](O)C(C)(C)C5CC[C@]43C)C2C1C. The minimum Gasteiger partial charge on any atom is -0.393 e. The molecule has 0 aromatic rings. The second-order valence-corrected chi connectivity index (χ2v) is 14.7. The summed E-state index contributed by atoms with van der Waals surface area (Å²) in [5, 5.41) is 10.9. The summed E-state index contributed by atoms with van der Waals surface area (Å²) >= 11 is 0. The van der Waals surface area contributed by atoms with E-state index in [0.29, 0.717) is 33.5 Å². The van der Waals surface area contributed by atoms with Crippen LogP contribution < -0.4 is 0 Å².